The molecule has 150 valence electrons. The summed E-state index contributed by atoms with van der Waals surface area (Å²) in [6.07, 6.45) is -4.52. The lowest BCUT2D eigenvalue weighted by atomic mass is 10.1. The van der Waals surface area contributed by atoms with Gasteiger partial charge in [-0.1, -0.05) is 12.1 Å². The maximum absolute atomic E-state index is 13.2. The standard InChI is InChI=1S/C19H14F4N4O2/c20-14-4-6-15(7-5-14)25-8-9-26-16(28)17(29)27(24-18(25)26)11-12-2-1-3-13(10-12)19(21,22)23/h1-7,10H,8-9,11H2. The van der Waals surface area contributed by atoms with Gasteiger partial charge in [0.25, 0.3) is 0 Å². The molecule has 3 aromatic rings. The van der Waals surface area contributed by atoms with Crippen LogP contribution in [0.5, 0.6) is 0 Å². The Kier molecular flexibility index (Phi) is 4.48. The normalized spacial score (nSPS) is 13.6. The summed E-state index contributed by atoms with van der Waals surface area (Å²) >= 11 is 0. The van der Waals surface area contributed by atoms with Crippen molar-refractivity contribution >= 4 is 11.6 Å². The Labute approximate surface area is 161 Å². The summed E-state index contributed by atoms with van der Waals surface area (Å²) in [4.78, 5) is 26.5. The predicted octanol–water partition coefficient (Wildman–Crippen LogP) is 2.76. The minimum absolute atomic E-state index is 0.174. The average Bonchev–Trinajstić information content (AvgIpc) is 3.10. The molecule has 0 N–H and O–H groups in total. The minimum Gasteiger partial charge on any atom is -0.309 e. The summed E-state index contributed by atoms with van der Waals surface area (Å²) in [5, 5.41) is 4.20. The van der Waals surface area contributed by atoms with Crippen molar-refractivity contribution in [1.29, 1.82) is 0 Å². The first-order valence-corrected chi connectivity index (χ1v) is 8.65. The van der Waals surface area contributed by atoms with Gasteiger partial charge in [-0.2, -0.15) is 13.2 Å². The lowest BCUT2D eigenvalue weighted by molar-refractivity contribution is -0.137. The van der Waals surface area contributed by atoms with Crippen LogP contribution < -0.4 is 16.0 Å². The van der Waals surface area contributed by atoms with E-state index >= 15 is 0 Å². The Hall–Kier alpha value is -3.43. The molecule has 0 saturated carbocycles. The molecule has 0 spiro atoms. The molecule has 6 nitrogen and oxygen atoms in total. The van der Waals surface area contributed by atoms with Gasteiger partial charge in [-0.05, 0) is 42.0 Å². The highest BCUT2D eigenvalue weighted by molar-refractivity contribution is 5.58. The molecule has 2 heterocycles. The Morgan fingerprint density at radius 1 is 0.966 bits per heavy atom. The summed E-state index contributed by atoms with van der Waals surface area (Å²) in [7, 11) is 0. The van der Waals surface area contributed by atoms with Gasteiger partial charge in [-0.15, -0.1) is 5.10 Å². The van der Waals surface area contributed by atoms with Crippen molar-refractivity contribution in [3.8, 4) is 0 Å². The van der Waals surface area contributed by atoms with E-state index in [-0.39, 0.29) is 24.6 Å². The Bertz CT molecular complexity index is 1180. The van der Waals surface area contributed by atoms with Crippen LogP contribution in [0.3, 0.4) is 0 Å². The zero-order chi connectivity index (χ0) is 20.8. The molecule has 1 aliphatic heterocycles. The number of hydrogen-bond acceptors (Lipinski definition) is 4. The molecule has 0 aliphatic carbocycles. The van der Waals surface area contributed by atoms with Crippen LogP contribution in [-0.4, -0.2) is 20.9 Å². The highest BCUT2D eigenvalue weighted by Crippen LogP contribution is 2.30. The van der Waals surface area contributed by atoms with E-state index in [1.807, 2.05) is 0 Å². The smallest absolute Gasteiger partial charge is 0.309 e. The van der Waals surface area contributed by atoms with Crippen molar-refractivity contribution in [2.75, 3.05) is 11.4 Å². The van der Waals surface area contributed by atoms with Gasteiger partial charge in [0.1, 0.15) is 5.82 Å². The third kappa shape index (κ3) is 3.53. The molecule has 0 atom stereocenters. The van der Waals surface area contributed by atoms with Crippen molar-refractivity contribution in [3.63, 3.8) is 0 Å². The first kappa shape index (κ1) is 18.9. The van der Waals surface area contributed by atoms with E-state index in [0.29, 0.717) is 12.2 Å². The molecule has 2 aromatic carbocycles. The van der Waals surface area contributed by atoms with Crippen LogP contribution in [0.4, 0.5) is 29.2 Å². The lowest BCUT2D eigenvalue weighted by Gasteiger charge is -2.18. The van der Waals surface area contributed by atoms with Gasteiger partial charge in [0.2, 0.25) is 5.95 Å². The van der Waals surface area contributed by atoms with Gasteiger partial charge < -0.3 is 4.90 Å². The number of rotatable bonds is 3. The van der Waals surface area contributed by atoms with Crippen molar-refractivity contribution in [2.24, 2.45) is 0 Å². The summed E-state index contributed by atoms with van der Waals surface area (Å²) in [6.45, 7) is 0.280. The third-order valence-corrected chi connectivity index (χ3v) is 4.63. The molecule has 1 aliphatic rings. The van der Waals surface area contributed by atoms with Crippen LogP contribution in [0.2, 0.25) is 0 Å². The van der Waals surface area contributed by atoms with Gasteiger partial charge >= 0.3 is 17.3 Å². The van der Waals surface area contributed by atoms with Crippen LogP contribution in [-0.2, 0) is 19.3 Å². The van der Waals surface area contributed by atoms with Gasteiger partial charge in [-0.3, -0.25) is 14.2 Å². The van der Waals surface area contributed by atoms with Crippen molar-refractivity contribution in [1.82, 2.24) is 14.3 Å². The Morgan fingerprint density at radius 2 is 1.69 bits per heavy atom. The number of anilines is 2. The van der Waals surface area contributed by atoms with Crippen molar-refractivity contribution in [3.05, 3.63) is 86.2 Å². The van der Waals surface area contributed by atoms with Crippen LogP contribution in [0, 0.1) is 5.82 Å². The molecule has 1 aromatic heterocycles. The van der Waals surface area contributed by atoms with Gasteiger partial charge in [0, 0.05) is 18.8 Å². The number of alkyl halides is 3. The number of fused-ring (bicyclic) bond motifs is 1. The molecule has 0 bridgehead atoms. The van der Waals surface area contributed by atoms with E-state index in [4.69, 9.17) is 0 Å². The summed E-state index contributed by atoms with van der Waals surface area (Å²) in [5.74, 6) is -0.249. The molecule has 4 rings (SSSR count). The first-order valence-electron chi connectivity index (χ1n) is 8.65. The zero-order valence-electron chi connectivity index (χ0n) is 14.9. The van der Waals surface area contributed by atoms with E-state index in [1.165, 1.54) is 41.0 Å². The lowest BCUT2D eigenvalue weighted by Crippen LogP contribution is -2.42. The van der Waals surface area contributed by atoms with E-state index in [0.717, 1.165) is 16.8 Å². The summed E-state index contributed by atoms with van der Waals surface area (Å²) < 4.78 is 54.0. The summed E-state index contributed by atoms with van der Waals surface area (Å²) in [5.41, 5.74) is -1.83. The molecule has 29 heavy (non-hydrogen) atoms. The second-order valence-corrected chi connectivity index (χ2v) is 6.55. The minimum atomic E-state index is -4.52. The predicted molar refractivity (Wildman–Crippen MR) is 96.7 cm³/mol. The highest BCUT2D eigenvalue weighted by Gasteiger charge is 2.30. The molecule has 0 fully saturated rings. The quantitative estimate of drug-likeness (QED) is 0.496. The SMILES string of the molecule is O=c1c(=O)n2c(nn1Cc1cccc(C(F)(F)F)c1)N(c1ccc(F)cc1)CC2. The van der Waals surface area contributed by atoms with Crippen LogP contribution in [0.25, 0.3) is 0 Å². The highest BCUT2D eigenvalue weighted by atomic mass is 19.4. The number of hydrogen-bond donors (Lipinski definition) is 0. The van der Waals surface area contributed by atoms with E-state index in [1.54, 1.807) is 4.90 Å². The number of benzene rings is 2. The van der Waals surface area contributed by atoms with Gasteiger partial charge in [0.05, 0.1) is 12.1 Å². The molecule has 0 amide bonds. The Morgan fingerprint density at radius 3 is 2.38 bits per heavy atom. The van der Waals surface area contributed by atoms with E-state index in [2.05, 4.69) is 5.10 Å². The maximum atomic E-state index is 13.2. The second-order valence-electron chi connectivity index (χ2n) is 6.55. The van der Waals surface area contributed by atoms with Crippen LogP contribution in [0.1, 0.15) is 11.1 Å². The largest absolute Gasteiger partial charge is 0.416 e. The molecular formula is C19H14F4N4O2. The van der Waals surface area contributed by atoms with Crippen molar-refractivity contribution in [2.45, 2.75) is 19.3 Å². The average molecular weight is 406 g/mol. The van der Waals surface area contributed by atoms with E-state index < -0.39 is 28.7 Å². The maximum Gasteiger partial charge on any atom is 0.416 e. The fourth-order valence-electron chi connectivity index (χ4n) is 3.22. The second kappa shape index (κ2) is 6.87. The molecule has 0 unspecified atom stereocenters. The number of aromatic nitrogens is 3. The van der Waals surface area contributed by atoms with Crippen molar-refractivity contribution < 1.29 is 17.6 Å². The molecule has 10 heteroatoms. The molecular weight excluding hydrogens is 392 g/mol. The Balaban J connectivity index is 1.74. The zero-order valence-corrected chi connectivity index (χ0v) is 14.9. The number of halogens is 4. The first-order chi connectivity index (χ1) is 13.7. The fraction of sp³-hybridized carbons (Fsp3) is 0.211. The molecule has 0 saturated heterocycles. The van der Waals surface area contributed by atoms with Gasteiger partial charge in [-0.25, -0.2) is 9.07 Å². The van der Waals surface area contributed by atoms with Gasteiger partial charge in [0.15, 0.2) is 0 Å². The topological polar surface area (TPSA) is 60.1 Å². The third-order valence-electron chi connectivity index (χ3n) is 4.63. The van der Waals surface area contributed by atoms with Crippen LogP contribution >= 0.6 is 0 Å². The number of nitrogens with zero attached hydrogens (tertiary/aromatic N) is 4. The fourth-order valence-corrected chi connectivity index (χ4v) is 3.22. The monoisotopic (exact) mass is 406 g/mol. The molecule has 0 radical (unpaired) electrons. The summed E-state index contributed by atoms with van der Waals surface area (Å²) in [6, 6.07) is 10.0. The van der Waals surface area contributed by atoms with Crippen LogP contribution in [0.15, 0.2) is 58.1 Å². The van der Waals surface area contributed by atoms with E-state index in [9.17, 15) is 27.2 Å².